The number of hydrogen-bond donors (Lipinski definition) is 8. The fourth-order valence-electron chi connectivity index (χ4n) is 4.25. The summed E-state index contributed by atoms with van der Waals surface area (Å²) in [6.45, 7) is -1.23. The molecule has 0 saturated carbocycles. The van der Waals surface area contributed by atoms with Crippen LogP contribution in [0.1, 0.15) is 5.56 Å². The van der Waals surface area contributed by atoms with E-state index in [-0.39, 0.29) is 33.0 Å². The molecule has 2 aliphatic heterocycles. The van der Waals surface area contributed by atoms with Crippen LogP contribution in [0.3, 0.4) is 0 Å². The summed E-state index contributed by atoms with van der Waals surface area (Å²) in [6, 6.07) is 9.14. The number of carbonyl (C=O) groups is 2. The van der Waals surface area contributed by atoms with Crippen LogP contribution in [0.5, 0.6) is 0 Å². The second kappa shape index (κ2) is 16.8. The number of aliphatic hydroxyl groups is 6. The predicted octanol–water partition coefficient (Wildman–Crippen LogP) is -3.33. The number of aliphatic hydroxyl groups excluding tert-OH is 6. The fourth-order valence-corrected chi connectivity index (χ4v) is 4.25. The summed E-state index contributed by atoms with van der Waals surface area (Å²) in [7, 11) is 0. The van der Waals surface area contributed by atoms with Gasteiger partial charge in [-0.3, -0.25) is 0 Å². The summed E-state index contributed by atoms with van der Waals surface area (Å²) in [6.07, 6.45) is -17.8. The smallest absolute Gasteiger partial charge is 0.407 e. The molecule has 238 valence electrons. The molecule has 42 heavy (non-hydrogen) atoms. The SMILES string of the molecule is NC(=O)O[C@@H]1[C@H](O)[C@@H](O[C@@H]2[C@H](OCCOCCNC(=O)OCc3ccccc3)O[C@@H](CO)[C@@H](O)[C@@H]2O)O[C@H](CO)[C@H]1O. The molecule has 0 unspecified atom stereocenters. The van der Waals surface area contributed by atoms with Crippen molar-refractivity contribution in [3.05, 3.63) is 35.9 Å². The third-order valence-electron chi connectivity index (χ3n) is 6.43. The highest BCUT2D eigenvalue weighted by Crippen LogP contribution is 2.30. The topological polar surface area (TPSA) is 258 Å². The number of rotatable bonds is 14. The van der Waals surface area contributed by atoms with Gasteiger partial charge in [0.2, 0.25) is 0 Å². The Labute approximate surface area is 240 Å². The molecule has 2 aliphatic rings. The Kier molecular flexibility index (Phi) is 13.5. The van der Waals surface area contributed by atoms with Gasteiger partial charge in [-0.25, -0.2) is 9.59 Å². The van der Waals surface area contributed by atoms with Crippen LogP contribution in [0.4, 0.5) is 9.59 Å². The zero-order valence-corrected chi connectivity index (χ0v) is 22.5. The molecule has 0 bridgehead atoms. The van der Waals surface area contributed by atoms with Crippen molar-refractivity contribution in [2.75, 3.05) is 39.6 Å². The van der Waals surface area contributed by atoms with E-state index < -0.39 is 86.8 Å². The van der Waals surface area contributed by atoms with Crippen LogP contribution in [-0.2, 0) is 39.8 Å². The van der Waals surface area contributed by atoms with Crippen LogP contribution in [0, 0.1) is 0 Å². The van der Waals surface area contributed by atoms with Gasteiger partial charge in [0.25, 0.3) is 0 Å². The first-order valence-corrected chi connectivity index (χ1v) is 13.2. The van der Waals surface area contributed by atoms with Crippen molar-refractivity contribution < 1.29 is 73.4 Å². The maximum Gasteiger partial charge on any atom is 0.407 e. The molecule has 9 N–H and O–H groups in total. The number of nitrogens with two attached hydrogens (primary N) is 1. The van der Waals surface area contributed by atoms with Gasteiger partial charge in [0.15, 0.2) is 18.7 Å². The first-order chi connectivity index (χ1) is 20.2. The standard InChI is InChI=1S/C25H38N2O15/c26-24(34)42-20-17(31)15(11-29)39-22(19(20)33)41-21-18(32)16(30)14(10-28)40-23(21)37-9-8-36-7-6-27-25(35)38-12-13-4-2-1-3-5-13/h1-5,14-23,28-33H,6-12H2,(H2,26,34)(H,27,35)/t14-,15+,16+,17+,18-,19-,20-,21-,22+,23+/m0/s1. The number of alkyl carbamates (subject to hydrolysis) is 1. The predicted molar refractivity (Wildman–Crippen MR) is 136 cm³/mol. The van der Waals surface area contributed by atoms with Crippen LogP contribution >= 0.6 is 0 Å². The van der Waals surface area contributed by atoms with E-state index in [4.69, 9.17) is 38.9 Å². The molecule has 17 heteroatoms. The van der Waals surface area contributed by atoms with E-state index in [9.17, 15) is 40.2 Å². The van der Waals surface area contributed by atoms with Gasteiger partial charge in [-0.2, -0.15) is 0 Å². The van der Waals surface area contributed by atoms with Gasteiger partial charge >= 0.3 is 12.2 Å². The van der Waals surface area contributed by atoms with Crippen LogP contribution in [0.2, 0.25) is 0 Å². The van der Waals surface area contributed by atoms with E-state index in [0.717, 1.165) is 5.56 Å². The molecule has 0 aliphatic carbocycles. The van der Waals surface area contributed by atoms with Crippen LogP contribution in [0.15, 0.2) is 30.3 Å². The molecule has 2 heterocycles. The van der Waals surface area contributed by atoms with Gasteiger partial charge in [0.1, 0.15) is 49.3 Å². The Balaban J connectivity index is 1.49. The molecule has 10 atom stereocenters. The maximum atomic E-state index is 11.8. The summed E-state index contributed by atoms with van der Waals surface area (Å²) in [5.74, 6) is 0. The normalized spacial score (nSPS) is 33.1. The Morgan fingerprint density at radius 1 is 0.833 bits per heavy atom. The van der Waals surface area contributed by atoms with Crippen molar-refractivity contribution in [3.8, 4) is 0 Å². The first-order valence-electron chi connectivity index (χ1n) is 13.2. The van der Waals surface area contributed by atoms with Gasteiger partial charge in [-0.05, 0) is 5.56 Å². The van der Waals surface area contributed by atoms with E-state index in [0.29, 0.717) is 0 Å². The summed E-state index contributed by atoms with van der Waals surface area (Å²) in [4.78, 5) is 23.0. The lowest BCUT2D eigenvalue weighted by atomic mass is 9.97. The van der Waals surface area contributed by atoms with E-state index in [2.05, 4.69) is 5.32 Å². The second-order valence-corrected chi connectivity index (χ2v) is 9.39. The van der Waals surface area contributed by atoms with Gasteiger partial charge in [0.05, 0.1) is 33.0 Å². The highest BCUT2D eigenvalue weighted by atomic mass is 16.8. The minimum absolute atomic E-state index is 0.00831. The number of benzene rings is 1. The van der Waals surface area contributed by atoms with E-state index in [1.54, 1.807) is 0 Å². The lowest BCUT2D eigenvalue weighted by Gasteiger charge is -2.46. The monoisotopic (exact) mass is 606 g/mol. The molecule has 17 nitrogen and oxygen atoms in total. The summed E-state index contributed by atoms with van der Waals surface area (Å²) in [5, 5.41) is 63.5. The highest BCUT2D eigenvalue weighted by molar-refractivity contribution is 5.67. The van der Waals surface area contributed by atoms with Crippen molar-refractivity contribution in [2.24, 2.45) is 5.73 Å². The highest BCUT2D eigenvalue weighted by Gasteiger charge is 2.52. The summed E-state index contributed by atoms with van der Waals surface area (Å²) in [5.41, 5.74) is 5.84. The molecule has 2 saturated heterocycles. The minimum Gasteiger partial charge on any atom is -0.445 e. The van der Waals surface area contributed by atoms with Crippen molar-refractivity contribution >= 4 is 12.2 Å². The van der Waals surface area contributed by atoms with Crippen LogP contribution < -0.4 is 11.1 Å². The molecule has 0 spiro atoms. The Morgan fingerprint density at radius 2 is 1.50 bits per heavy atom. The lowest BCUT2D eigenvalue weighted by molar-refractivity contribution is -0.367. The first kappa shape index (κ1) is 33.8. The second-order valence-electron chi connectivity index (χ2n) is 9.39. The molecule has 2 amide bonds. The zero-order valence-electron chi connectivity index (χ0n) is 22.5. The quantitative estimate of drug-likeness (QED) is 0.0964. The molecule has 3 rings (SSSR count). The fraction of sp³-hybridized carbons (Fsp3) is 0.680. The molecule has 1 aromatic rings. The number of hydrogen-bond acceptors (Lipinski definition) is 15. The molecule has 0 radical (unpaired) electrons. The Hall–Kier alpha value is -2.68. The van der Waals surface area contributed by atoms with E-state index >= 15 is 0 Å². The number of primary amides is 1. The third-order valence-corrected chi connectivity index (χ3v) is 6.43. The average molecular weight is 607 g/mol. The van der Waals surface area contributed by atoms with Crippen LogP contribution in [0.25, 0.3) is 0 Å². The summed E-state index contributed by atoms with van der Waals surface area (Å²) < 4.78 is 37.3. The Bertz CT molecular complexity index is 959. The summed E-state index contributed by atoms with van der Waals surface area (Å²) >= 11 is 0. The molecule has 1 aromatic carbocycles. The van der Waals surface area contributed by atoms with Gasteiger partial charge < -0.3 is 74.8 Å². The molecular formula is C25H38N2O15. The van der Waals surface area contributed by atoms with Crippen molar-refractivity contribution in [1.29, 1.82) is 0 Å². The maximum absolute atomic E-state index is 11.8. The number of carbonyl (C=O) groups excluding carboxylic acids is 2. The van der Waals surface area contributed by atoms with Gasteiger partial charge in [0, 0.05) is 6.54 Å². The molecule has 0 aromatic heterocycles. The number of nitrogens with one attached hydrogen (secondary N) is 1. The minimum atomic E-state index is -1.84. The van der Waals surface area contributed by atoms with E-state index in [1.165, 1.54) is 0 Å². The number of amides is 2. The van der Waals surface area contributed by atoms with Gasteiger partial charge in [-0.15, -0.1) is 0 Å². The van der Waals surface area contributed by atoms with E-state index in [1.807, 2.05) is 30.3 Å². The zero-order chi connectivity index (χ0) is 30.6. The van der Waals surface area contributed by atoms with Gasteiger partial charge in [-0.1, -0.05) is 30.3 Å². The average Bonchev–Trinajstić information content (AvgIpc) is 2.98. The lowest BCUT2D eigenvalue weighted by Crippen LogP contribution is -2.65. The van der Waals surface area contributed by atoms with Crippen molar-refractivity contribution in [1.82, 2.24) is 5.32 Å². The third kappa shape index (κ3) is 9.41. The molecular weight excluding hydrogens is 568 g/mol. The van der Waals surface area contributed by atoms with Crippen LogP contribution in [-0.4, -0.2) is 144 Å². The largest absolute Gasteiger partial charge is 0.445 e. The Morgan fingerprint density at radius 3 is 2.17 bits per heavy atom. The number of ether oxygens (including phenoxy) is 7. The van der Waals surface area contributed by atoms with Crippen molar-refractivity contribution in [3.63, 3.8) is 0 Å². The van der Waals surface area contributed by atoms with Crippen molar-refractivity contribution in [2.45, 2.75) is 68.0 Å². The molecule has 2 fully saturated rings.